The molecule has 3 N–H and O–H groups in total. The second kappa shape index (κ2) is 6.24. The Hall–Kier alpha value is -1.63. The molecule has 1 aliphatic carbocycles. The van der Waals surface area contributed by atoms with Gasteiger partial charge in [0.05, 0.1) is 13.2 Å². The predicted octanol–water partition coefficient (Wildman–Crippen LogP) is -0.832. The summed E-state index contributed by atoms with van der Waals surface area (Å²) in [5.41, 5.74) is 0. The molecule has 0 spiro atoms. The van der Waals surface area contributed by atoms with E-state index in [0.717, 1.165) is 25.8 Å². The van der Waals surface area contributed by atoms with E-state index in [9.17, 15) is 14.4 Å². The third kappa shape index (κ3) is 3.09. The number of carbonyl (C=O) groups is 3. The molecule has 2 aliphatic heterocycles. The van der Waals surface area contributed by atoms with Crippen LogP contribution in [0.15, 0.2) is 0 Å². The Morgan fingerprint density at radius 3 is 2.86 bits per heavy atom. The van der Waals surface area contributed by atoms with Gasteiger partial charge in [-0.2, -0.15) is 0 Å². The summed E-state index contributed by atoms with van der Waals surface area (Å²) in [4.78, 5) is 36.2. The van der Waals surface area contributed by atoms with E-state index < -0.39 is 12.0 Å². The number of hydrogen-bond donors (Lipinski definition) is 3. The fourth-order valence-electron chi connectivity index (χ4n) is 3.59. The predicted molar refractivity (Wildman–Crippen MR) is 77.7 cm³/mol. The third-order valence-electron chi connectivity index (χ3n) is 5.01. The van der Waals surface area contributed by atoms with Gasteiger partial charge in [-0.15, -0.1) is 0 Å². The molecular weight excluding hydrogens is 286 g/mol. The first kappa shape index (κ1) is 15.3. The molecule has 5 atom stereocenters. The average molecular weight is 309 g/mol. The van der Waals surface area contributed by atoms with Crippen LogP contribution in [0.25, 0.3) is 0 Å². The second-order valence-corrected chi connectivity index (χ2v) is 6.50. The van der Waals surface area contributed by atoms with Crippen molar-refractivity contribution in [3.05, 3.63) is 0 Å². The Morgan fingerprint density at radius 1 is 1.45 bits per heavy atom. The van der Waals surface area contributed by atoms with Crippen LogP contribution in [0.2, 0.25) is 0 Å². The van der Waals surface area contributed by atoms with Crippen LogP contribution in [0.1, 0.15) is 25.7 Å². The van der Waals surface area contributed by atoms with Gasteiger partial charge in [-0.05, 0) is 44.1 Å². The number of amides is 2. The normalized spacial score (nSPS) is 34.3. The molecular formula is C15H23N3O4. The average Bonchev–Trinajstić information content (AvgIpc) is 3.17. The molecule has 0 aromatic rings. The zero-order valence-corrected chi connectivity index (χ0v) is 12.8. The maximum absolute atomic E-state index is 12.4. The molecule has 1 saturated carbocycles. The maximum Gasteiger partial charge on any atom is 0.328 e. The number of fused-ring (bicyclic) bond motifs is 1. The summed E-state index contributed by atoms with van der Waals surface area (Å²) in [6, 6.07) is -0.969. The first-order valence-electron chi connectivity index (χ1n) is 7.99. The molecule has 0 radical (unpaired) electrons. The van der Waals surface area contributed by atoms with Crippen molar-refractivity contribution >= 4 is 17.8 Å². The van der Waals surface area contributed by atoms with E-state index in [1.807, 2.05) is 0 Å². The number of carbonyl (C=O) groups excluding carboxylic acids is 3. The lowest BCUT2D eigenvalue weighted by molar-refractivity contribution is -0.146. The van der Waals surface area contributed by atoms with E-state index in [0.29, 0.717) is 24.8 Å². The van der Waals surface area contributed by atoms with Crippen molar-refractivity contribution in [3.8, 4) is 0 Å². The lowest BCUT2D eigenvalue weighted by atomic mass is 9.91. The highest BCUT2D eigenvalue weighted by Gasteiger charge is 2.51. The topological polar surface area (TPSA) is 96.5 Å². The minimum Gasteiger partial charge on any atom is -0.467 e. The lowest BCUT2D eigenvalue weighted by Gasteiger charge is -2.26. The summed E-state index contributed by atoms with van der Waals surface area (Å²) >= 11 is 0. The van der Waals surface area contributed by atoms with Gasteiger partial charge in [0.25, 0.3) is 0 Å². The van der Waals surface area contributed by atoms with Crippen LogP contribution in [-0.2, 0) is 19.1 Å². The molecule has 3 aliphatic rings. The van der Waals surface area contributed by atoms with E-state index in [1.54, 1.807) is 0 Å². The molecule has 7 nitrogen and oxygen atoms in total. The fourth-order valence-corrected chi connectivity index (χ4v) is 3.59. The minimum absolute atomic E-state index is 0.0457. The van der Waals surface area contributed by atoms with Gasteiger partial charge in [0.2, 0.25) is 11.8 Å². The molecule has 3 rings (SSSR count). The summed E-state index contributed by atoms with van der Waals surface area (Å²) in [6.45, 7) is 1.55. The summed E-state index contributed by atoms with van der Waals surface area (Å²) < 4.78 is 4.78. The van der Waals surface area contributed by atoms with Crippen molar-refractivity contribution in [3.63, 3.8) is 0 Å². The fraction of sp³-hybridized carbons (Fsp3) is 0.800. The second-order valence-electron chi connectivity index (χ2n) is 6.50. The zero-order valence-electron chi connectivity index (χ0n) is 12.8. The summed E-state index contributed by atoms with van der Waals surface area (Å²) in [5, 5.41) is 8.77. The van der Waals surface area contributed by atoms with Crippen LogP contribution >= 0.6 is 0 Å². The minimum atomic E-state index is -0.758. The number of piperidine rings is 2. The quantitative estimate of drug-likeness (QED) is 0.576. The van der Waals surface area contributed by atoms with Crippen LogP contribution in [0, 0.1) is 17.8 Å². The third-order valence-corrected chi connectivity index (χ3v) is 5.01. The molecule has 2 unspecified atom stereocenters. The van der Waals surface area contributed by atoms with Crippen molar-refractivity contribution in [2.24, 2.45) is 17.8 Å². The standard InChI is InChI=1S/C15H23N3O4/c1-22-15(21)11(6-8-3-2-4-16-13(8)19)18-14(20)12-10-5-9(10)7-17-12/h8-12,17H,2-7H2,1H3,(H,16,19)(H,18,20)/t8-,9-,10?,11-,12?/m0/s1. The smallest absolute Gasteiger partial charge is 0.328 e. The van der Waals surface area contributed by atoms with Crippen LogP contribution in [-0.4, -0.2) is 50.1 Å². The van der Waals surface area contributed by atoms with Crippen molar-refractivity contribution in [2.45, 2.75) is 37.8 Å². The molecule has 3 fully saturated rings. The van der Waals surface area contributed by atoms with Gasteiger partial charge in [0, 0.05) is 12.5 Å². The first-order valence-corrected chi connectivity index (χ1v) is 7.99. The number of hydrogen-bond acceptors (Lipinski definition) is 5. The summed E-state index contributed by atoms with van der Waals surface area (Å²) in [6.07, 6.45) is 3.01. The van der Waals surface area contributed by atoms with E-state index in [-0.39, 0.29) is 23.8 Å². The van der Waals surface area contributed by atoms with E-state index in [1.165, 1.54) is 7.11 Å². The Labute approximate surface area is 129 Å². The van der Waals surface area contributed by atoms with Gasteiger partial charge in [0.1, 0.15) is 6.04 Å². The lowest BCUT2D eigenvalue weighted by Crippen LogP contribution is -2.51. The van der Waals surface area contributed by atoms with Gasteiger partial charge in [-0.25, -0.2) is 4.79 Å². The Morgan fingerprint density at radius 2 is 2.27 bits per heavy atom. The summed E-state index contributed by atoms with van der Waals surface area (Å²) in [7, 11) is 1.30. The van der Waals surface area contributed by atoms with E-state index in [4.69, 9.17) is 4.74 Å². The Kier molecular flexibility index (Phi) is 4.33. The van der Waals surface area contributed by atoms with Gasteiger partial charge in [0.15, 0.2) is 0 Å². The highest BCUT2D eigenvalue weighted by molar-refractivity contribution is 5.89. The van der Waals surface area contributed by atoms with E-state index >= 15 is 0 Å². The van der Waals surface area contributed by atoms with Crippen LogP contribution < -0.4 is 16.0 Å². The molecule has 0 aromatic carbocycles. The highest BCUT2D eigenvalue weighted by Crippen LogP contribution is 2.45. The van der Waals surface area contributed by atoms with Crippen LogP contribution in [0.4, 0.5) is 0 Å². The SMILES string of the molecule is COC(=O)[C@H](C[C@@H]1CCCNC1=O)NC(=O)C1NC[C@@H]2CC12. The van der Waals surface area contributed by atoms with Gasteiger partial charge < -0.3 is 20.7 Å². The van der Waals surface area contributed by atoms with Gasteiger partial charge in [-0.1, -0.05) is 0 Å². The number of rotatable bonds is 5. The number of methoxy groups -OCH3 is 1. The molecule has 2 saturated heterocycles. The molecule has 0 bridgehead atoms. The molecule has 2 amide bonds. The first-order chi connectivity index (χ1) is 10.6. The number of nitrogens with one attached hydrogen (secondary N) is 3. The largest absolute Gasteiger partial charge is 0.467 e. The van der Waals surface area contributed by atoms with Crippen molar-refractivity contribution in [2.75, 3.05) is 20.2 Å². The van der Waals surface area contributed by atoms with Crippen molar-refractivity contribution < 1.29 is 19.1 Å². The van der Waals surface area contributed by atoms with E-state index in [2.05, 4.69) is 16.0 Å². The molecule has 122 valence electrons. The molecule has 2 heterocycles. The van der Waals surface area contributed by atoms with Crippen LogP contribution in [0.3, 0.4) is 0 Å². The highest BCUT2D eigenvalue weighted by atomic mass is 16.5. The number of esters is 1. The number of ether oxygens (including phenoxy) is 1. The van der Waals surface area contributed by atoms with Gasteiger partial charge >= 0.3 is 5.97 Å². The Bertz CT molecular complexity index is 481. The zero-order chi connectivity index (χ0) is 15.7. The van der Waals surface area contributed by atoms with Crippen molar-refractivity contribution in [1.29, 1.82) is 0 Å². The van der Waals surface area contributed by atoms with Gasteiger partial charge in [-0.3, -0.25) is 9.59 Å². The molecule has 0 aromatic heterocycles. The molecule has 22 heavy (non-hydrogen) atoms. The summed E-state index contributed by atoms with van der Waals surface area (Å²) in [5.74, 6) is 0.0698. The molecule has 7 heteroatoms. The monoisotopic (exact) mass is 309 g/mol. The Balaban J connectivity index is 1.60. The van der Waals surface area contributed by atoms with Crippen molar-refractivity contribution in [1.82, 2.24) is 16.0 Å². The van der Waals surface area contributed by atoms with Crippen LogP contribution in [0.5, 0.6) is 0 Å². The maximum atomic E-state index is 12.4.